The first-order valence-corrected chi connectivity index (χ1v) is 30.3. The van der Waals surface area contributed by atoms with Crippen LogP contribution in [0, 0.1) is 23.7 Å². The Morgan fingerprint density at radius 3 is 2.17 bits per heavy atom. The molecule has 10 N–H and O–H groups in total. The van der Waals surface area contributed by atoms with Gasteiger partial charge in [-0.15, -0.1) is 11.3 Å². The Morgan fingerprint density at radius 2 is 1.57 bits per heavy atom. The molecule has 0 spiro atoms. The number of aliphatic hydroxyl groups excluding tert-OH is 3. The maximum atomic E-state index is 14.9. The fraction of sp³-hybridized carbons (Fsp3) is 0.617. The number of carboxylic acids is 1. The summed E-state index contributed by atoms with van der Waals surface area (Å²) in [6, 6.07) is 10.1. The topological polar surface area (TPSA) is 370 Å². The van der Waals surface area contributed by atoms with Crippen molar-refractivity contribution in [2.75, 3.05) is 53.3 Å². The Kier molecular flexibility index (Phi) is 27.9. The number of ether oxygens (including phenoxy) is 5. The van der Waals surface area contributed by atoms with Gasteiger partial charge in [0.25, 0.3) is 0 Å². The summed E-state index contributed by atoms with van der Waals surface area (Å²) in [6.45, 7) is 12.0. The summed E-state index contributed by atoms with van der Waals surface area (Å²) in [5.41, 5.74) is 1.17. The van der Waals surface area contributed by atoms with Crippen molar-refractivity contribution in [2.45, 2.75) is 167 Å². The smallest absolute Gasteiger partial charge is 0.410 e. The lowest BCUT2D eigenvalue weighted by atomic mass is 9.89. The first-order chi connectivity index (χ1) is 41.8. The fourth-order valence-electron chi connectivity index (χ4n) is 11.1. The van der Waals surface area contributed by atoms with Crippen LogP contribution < -0.4 is 31.9 Å². The highest BCUT2D eigenvalue weighted by Gasteiger charge is 2.49. The minimum Gasteiger partial charge on any atom is -0.479 e. The number of nitrogens with one attached hydrogen (secondary N) is 4. The molecule has 0 bridgehead atoms. The summed E-state index contributed by atoms with van der Waals surface area (Å²) in [4.78, 5) is 122. The molecule has 88 heavy (non-hydrogen) atoms. The summed E-state index contributed by atoms with van der Waals surface area (Å²) in [7, 11) is 6.00. The summed E-state index contributed by atoms with van der Waals surface area (Å²) in [6.07, 6.45) is -8.51. The predicted octanol–water partition coefficient (Wildman–Crippen LogP) is 2.50. The molecule has 2 aromatic carbocycles. The van der Waals surface area contributed by atoms with Gasteiger partial charge in [0.15, 0.2) is 6.10 Å². The lowest BCUT2D eigenvalue weighted by Gasteiger charge is -2.41. The molecule has 2 aliphatic rings. The minimum absolute atomic E-state index is 0.104. The molecular weight excluding hydrogens is 1170 g/mol. The largest absolute Gasteiger partial charge is 0.479 e. The van der Waals surface area contributed by atoms with Gasteiger partial charge < -0.3 is 75.2 Å². The van der Waals surface area contributed by atoms with Crippen molar-refractivity contribution in [2.24, 2.45) is 29.6 Å². The van der Waals surface area contributed by atoms with Crippen molar-refractivity contribution in [3.8, 4) is 5.75 Å². The van der Waals surface area contributed by atoms with Gasteiger partial charge in [-0.2, -0.15) is 0 Å². The normalized spacial score (nSPS) is 21.2. The second-order valence-corrected chi connectivity index (χ2v) is 23.9. The Hall–Kier alpha value is -6.89. The van der Waals surface area contributed by atoms with Crippen LogP contribution in [-0.4, -0.2) is 203 Å². The van der Waals surface area contributed by atoms with E-state index in [0.717, 1.165) is 15.5 Å². The van der Waals surface area contributed by atoms with Crippen molar-refractivity contribution in [3.05, 3.63) is 76.2 Å². The maximum Gasteiger partial charge on any atom is 0.410 e. The Labute approximate surface area is 517 Å². The van der Waals surface area contributed by atoms with Crippen LogP contribution in [0.2, 0.25) is 0 Å². The number of aliphatic hydroxyl groups is 3. The number of rotatable bonds is 32. The van der Waals surface area contributed by atoms with Crippen molar-refractivity contribution < 1.29 is 87.3 Å². The molecule has 1 aromatic heterocycles. The van der Waals surface area contributed by atoms with Crippen molar-refractivity contribution >= 4 is 64.5 Å². The molecule has 0 saturated carbocycles. The lowest BCUT2D eigenvalue weighted by Crippen LogP contribution is -2.61. The average Bonchev–Trinajstić information content (AvgIpc) is 2.50. The number of nitrogens with zero attached hydrogens (tertiary/aromatic N) is 4. The highest BCUT2D eigenvalue weighted by atomic mass is 32.1. The van der Waals surface area contributed by atoms with Crippen molar-refractivity contribution in [1.29, 1.82) is 0 Å². The number of benzene rings is 2. The molecule has 7 amide bonds. The number of thiazole rings is 1. The van der Waals surface area contributed by atoms with Gasteiger partial charge in [0, 0.05) is 59.4 Å². The monoisotopic (exact) mass is 1260 g/mol. The van der Waals surface area contributed by atoms with E-state index in [0.29, 0.717) is 32.2 Å². The number of methoxy groups -OCH3 is 2. The summed E-state index contributed by atoms with van der Waals surface area (Å²) in [5, 5.41) is 54.6. The van der Waals surface area contributed by atoms with Gasteiger partial charge in [-0.25, -0.2) is 20.5 Å². The fourth-order valence-corrected chi connectivity index (χ4v) is 11.8. The first-order valence-electron chi connectivity index (χ1n) is 29.4. The molecule has 3 unspecified atom stereocenters. The molecule has 3 heterocycles. The number of carbonyl (C=O) groups excluding carboxylic acids is 7. The van der Waals surface area contributed by atoms with Gasteiger partial charge >= 0.3 is 12.1 Å². The van der Waals surface area contributed by atoms with E-state index in [9.17, 15) is 58.8 Å². The molecule has 2 aliphatic heterocycles. The molecular formula is C60H89N9O18S. The highest BCUT2D eigenvalue weighted by Crippen LogP contribution is 2.34. The zero-order chi connectivity index (χ0) is 65.1. The van der Waals surface area contributed by atoms with E-state index in [4.69, 9.17) is 29.6 Å². The molecule has 28 heteroatoms. The molecule has 0 aliphatic carbocycles. The third kappa shape index (κ3) is 19.1. The van der Waals surface area contributed by atoms with Crippen LogP contribution in [0.15, 0.2) is 60.1 Å². The average molecular weight is 1260 g/mol. The van der Waals surface area contributed by atoms with Gasteiger partial charge in [-0.3, -0.25) is 38.5 Å². The first kappa shape index (κ1) is 71.9. The third-order valence-corrected chi connectivity index (χ3v) is 17.0. The van der Waals surface area contributed by atoms with Crippen LogP contribution in [-0.2, 0) is 70.4 Å². The van der Waals surface area contributed by atoms with E-state index in [2.05, 4.69) is 31.1 Å². The zero-order valence-corrected chi connectivity index (χ0v) is 52.7. The number of likely N-dealkylation sites (tertiary alicyclic amines) is 1. The second kappa shape index (κ2) is 34.2. The standard InChI is InChI=1S/C60H89N9O18S/c1-12-34(6)48(42(82-10)29-45(72)69-25-16-19-40(69)52(83-11)35(7)54(76)65-39(56-63-24-26-88-56)27-36-17-14-13-15-18-36)67(8)57(78)46(32(2)3)66-55(77)47(33(4)5)68(9)60(81)84-30-37-20-21-41(38(28-37)64-43(70)22-23-62-44(71)31-85-61)86-59-51(75)49(73)50(74)53(87-59)58(79)80/h13-15,17-18,20-21,24,26,28,32-35,39-40,42,46-53,59,73-75H,12,16,19,22-23,25,27,29-31,61H2,1-11H3,(H,62,71)(H,64,70)(H,65,76)(H,66,77)(H,79,80)/t34?,35-,39+,40+,42-,46+,47+,48+,49+,50+,51?,52-,53?,59-/m1/s1. The molecule has 14 atom stereocenters. The van der Waals surface area contributed by atoms with Crippen LogP contribution in [0.4, 0.5) is 10.5 Å². The van der Waals surface area contributed by atoms with Crippen LogP contribution in [0.25, 0.3) is 0 Å². The van der Waals surface area contributed by atoms with E-state index in [1.54, 1.807) is 59.9 Å². The molecule has 3 aromatic rings. The van der Waals surface area contributed by atoms with Crippen LogP contribution >= 0.6 is 11.3 Å². The third-order valence-electron chi connectivity index (χ3n) is 16.1. The second-order valence-electron chi connectivity index (χ2n) is 22.9. The maximum absolute atomic E-state index is 14.9. The molecule has 488 valence electrons. The molecule has 0 radical (unpaired) electrons. The Balaban J connectivity index is 1.27. The number of aliphatic carboxylic acids is 1. The number of hydrogen-bond donors (Lipinski definition) is 9. The Bertz CT molecular complexity index is 2780. The number of aromatic nitrogens is 1. The summed E-state index contributed by atoms with van der Waals surface area (Å²) >= 11 is 1.46. The van der Waals surface area contributed by atoms with Crippen LogP contribution in [0.3, 0.4) is 0 Å². The summed E-state index contributed by atoms with van der Waals surface area (Å²) < 4.78 is 28.9. The lowest BCUT2D eigenvalue weighted by molar-refractivity contribution is -0.271. The number of carboxylic acid groups (broad SMARTS) is 1. The van der Waals surface area contributed by atoms with Gasteiger partial charge in [0.2, 0.25) is 41.7 Å². The van der Waals surface area contributed by atoms with Crippen LogP contribution in [0.5, 0.6) is 5.75 Å². The van der Waals surface area contributed by atoms with E-state index >= 15 is 0 Å². The van der Waals surface area contributed by atoms with E-state index in [1.165, 1.54) is 48.6 Å². The molecule has 2 saturated heterocycles. The quantitative estimate of drug-likeness (QED) is 0.0405. The SMILES string of the molecule is CCC(C)[C@@H]([C@@H](CC(=O)N1CCC[C@H]1[C@H](OC)[C@@H](C)C(=O)N[C@@H](Cc1ccccc1)c1nccs1)OC)N(C)C(=O)[C@@H](NC(=O)[C@H](C(C)C)N(C)C(=O)OCc1ccc(O[C@@H]2OC(C(=O)O)[C@@H](O)[C@H](O)C2O)c(NC(=O)CCNC(=O)CON)c1)C(C)C. The summed E-state index contributed by atoms with van der Waals surface area (Å²) in [5.74, 6) is -1.65. The zero-order valence-electron chi connectivity index (χ0n) is 51.9. The number of amides is 7. The van der Waals surface area contributed by atoms with E-state index in [-0.39, 0.29) is 60.2 Å². The molecule has 27 nitrogen and oxygen atoms in total. The number of nitrogens with two attached hydrogens (primary N) is 1. The van der Waals surface area contributed by atoms with E-state index < -0.39 is 134 Å². The Morgan fingerprint density at radius 1 is 0.864 bits per heavy atom. The van der Waals surface area contributed by atoms with Crippen LogP contribution in [0.1, 0.15) is 103 Å². The van der Waals surface area contributed by atoms with E-state index in [1.807, 2.05) is 49.6 Å². The van der Waals surface area contributed by atoms with Crippen molar-refractivity contribution in [3.63, 3.8) is 0 Å². The van der Waals surface area contributed by atoms with Gasteiger partial charge in [-0.05, 0) is 60.3 Å². The van der Waals surface area contributed by atoms with Crippen molar-refractivity contribution in [1.82, 2.24) is 35.6 Å². The number of likely N-dealkylation sites (N-methyl/N-ethyl adjacent to an activating group) is 2. The van der Waals surface area contributed by atoms with Gasteiger partial charge in [-0.1, -0.05) is 91.3 Å². The highest BCUT2D eigenvalue weighted by molar-refractivity contribution is 7.09. The van der Waals surface area contributed by atoms with Gasteiger partial charge in [0.1, 0.15) is 54.4 Å². The molecule has 2 fully saturated rings. The molecule has 5 rings (SSSR count). The van der Waals surface area contributed by atoms with Gasteiger partial charge in [0.05, 0.1) is 48.4 Å². The minimum atomic E-state index is -2.01. The number of hydrogen-bond acceptors (Lipinski definition) is 20. The number of anilines is 1. The predicted molar refractivity (Wildman–Crippen MR) is 320 cm³/mol. The number of carbonyl (C=O) groups is 8.